The van der Waals surface area contributed by atoms with Crippen LogP contribution < -0.4 is 5.32 Å². The van der Waals surface area contributed by atoms with Crippen molar-refractivity contribution < 1.29 is 4.79 Å². The van der Waals surface area contributed by atoms with Gasteiger partial charge >= 0.3 is 0 Å². The lowest BCUT2D eigenvalue weighted by Crippen LogP contribution is -2.45. The van der Waals surface area contributed by atoms with Crippen LogP contribution in [-0.2, 0) is 17.6 Å². The second-order valence-electron chi connectivity index (χ2n) is 5.57. The van der Waals surface area contributed by atoms with Crippen LogP contribution in [0.25, 0.3) is 0 Å². The number of likely N-dealkylation sites (N-methyl/N-ethyl adjacent to an activating group) is 1. The van der Waals surface area contributed by atoms with Crippen molar-refractivity contribution in [3.05, 3.63) is 66.0 Å². The first-order valence-electron chi connectivity index (χ1n) is 7.54. The van der Waals surface area contributed by atoms with E-state index in [1.54, 1.807) is 12.4 Å². The molecule has 4 nitrogen and oxygen atoms in total. The molecule has 0 spiro atoms. The van der Waals surface area contributed by atoms with E-state index in [1.807, 2.05) is 49.3 Å². The summed E-state index contributed by atoms with van der Waals surface area (Å²) in [6, 6.07) is 13.9. The van der Waals surface area contributed by atoms with Crippen LogP contribution in [0.2, 0.25) is 0 Å². The van der Waals surface area contributed by atoms with Crippen LogP contribution in [0.1, 0.15) is 11.1 Å². The molecule has 2 aromatic rings. The summed E-state index contributed by atoms with van der Waals surface area (Å²) < 4.78 is 0. The minimum Gasteiger partial charge on any atom is -0.354 e. The molecule has 116 valence electrons. The number of aromatic nitrogens is 1. The molecule has 0 unspecified atom stereocenters. The molecule has 0 radical (unpaired) electrons. The zero-order valence-corrected chi connectivity index (χ0v) is 13.2. The van der Waals surface area contributed by atoms with Crippen molar-refractivity contribution in [3.8, 4) is 0 Å². The van der Waals surface area contributed by atoms with Crippen LogP contribution in [0.15, 0.2) is 54.9 Å². The van der Waals surface area contributed by atoms with Crippen LogP contribution in [0.3, 0.4) is 0 Å². The molecule has 2 rings (SSSR count). The van der Waals surface area contributed by atoms with Crippen molar-refractivity contribution in [1.29, 1.82) is 0 Å². The standard InChI is InChI=1S/C18H23N3O/c1-21(2)17(14-16-6-4-3-5-7-16)18(22)20-13-10-15-8-11-19-12-9-15/h3-9,11-12,17H,10,13-14H2,1-2H3,(H,20,22)/t17-/m0/s1. The molecular weight excluding hydrogens is 274 g/mol. The van der Waals surface area contributed by atoms with Crippen molar-refractivity contribution in [1.82, 2.24) is 15.2 Å². The van der Waals surface area contributed by atoms with E-state index in [0.29, 0.717) is 6.54 Å². The Balaban J connectivity index is 1.87. The molecule has 0 saturated carbocycles. The number of benzene rings is 1. The lowest BCUT2D eigenvalue weighted by molar-refractivity contribution is -0.125. The highest BCUT2D eigenvalue weighted by Gasteiger charge is 2.20. The minimum atomic E-state index is -0.153. The molecule has 1 aromatic carbocycles. The number of hydrogen-bond donors (Lipinski definition) is 1. The van der Waals surface area contributed by atoms with Crippen molar-refractivity contribution in [2.45, 2.75) is 18.9 Å². The first-order valence-corrected chi connectivity index (χ1v) is 7.54. The summed E-state index contributed by atoms with van der Waals surface area (Å²) in [5.41, 5.74) is 2.35. The molecule has 4 heteroatoms. The molecule has 1 amide bonds. The smallest absolute Gasteiger partial charge is 0.237 e. The molecule has 0 aliphatic carbocycles. The minimum absolute atomic E-state index is 0.0721. The summed E-state index contributed by atoms with van der Waals surface area (Å²) in [6.45, 7) is 0.641. The number of nitrogens with zero attached hydrogens (tertiary/aromatic N) is 2. The van der Waals surface area contributed by atoms with Gasteiger partial charge in [-0.05, 0) is 50.2 Å². The Bertz CT molecular complexity index is 569. The number of amides is 1. The molecule has 1 heterocycles. The summed E-state index contributed by atoms with van der Waals surface area (Å²) >= 11 is 0. The predicted octanol–water partition coefficient (Wildman–Crippen LogP) is 1.91. The third-order valence-electron chi connectivity index (χ3n) is 3.66. The number of pyridine rings is 1. The Kier molecular flexibility index (Phi) is 6.10. The summed E-state index contributed by atoms with van der Waals surface area (Å²) in [5, 5.41) is 3.03. The van der Waals surface area contributed by atoms with E-state index >= 15 is 0 Å². The van der Waals surface area contributed by atoms with Crippen molar-refractivity contribution in [2.24, 2.45) is 0 Å². The van der Waals surface area contributed by atoms with Gasteiger partial charge in [-0.1, -0.05) is 30.3 Å². The summed E-state index contributed by atoms with van der Waals surface area (Å²) in [7, 11) is 3.88. The van der Waals surface area contributed by atoms with Crippen LogP contribution in [0.4, 0.5) is 0 Å². The maximum Gasteiger partial charge on any atom is 0.237 e. The molecule has 22 heavy (non-hydrogen) atoms. The predicted molar refractivity (Wildman–Crippen MR) is 88.6 cm³/mol. The fourth-order valence-electron chi connectivity index (χ4n) is 2.34. The maximum absolute atomic E-state index is 12.4. The van der Waals surface area contributed by atoms with E-state index in [1.165, 1.54) is 11.1 Å². The Morgan fingerprint density at radius 2 is 1.77 bits per heavy atom. The maximum atomic E-state index is 12.4. The van der Waals surface area contributed by atoms with E-state index in [0.717, 1.165) is 12.8 Å². The van der Waals surface area contributed by atoms with Crippen molar-refractivity contribution in [2.75, 3.05) is 20.6 Å². The van der Waals surface area contributed by atoms with Crippen LogP contribution in [0, 0.1) is 0 Å². The molecule has 0 bridgehead atoms. The van der Waals surface area contributed by atoms with Crippen LogP contribution in [-0.4, -0.2) is 42.5 Å². The lowest BCUT2D eigenvalue weighted by Gasteiger charge is -2.23. The second kappa shape index (κ2) is 8.29. The van der Waals surface area contributed by atoms with Crippen LogP contribution in [0.5, 0.6) is 0 Å². The Morgan fingerprint density at radius 1 is 1.09 bits per heavy atom. The van der Waals surface area contributed by atoms with E-state index in [2.05, 4.69) is 22.4 Å². The normalized spacial score (nSPS) is 12.1. The van der Waals surface area contributed by atoms with Crippen LogP contribution >= 0.6 is 0 Å². The van der Waals surface area contributed by atoms with Crippen molar-refractivity contribution >= 4 is 5.91 Å². The third-order valence-corrected chi connectivity index (χ3v) is 3.66. The quantitative estimate of drug-likeness (QED) is 0.849. The Morgan fingerprint density at radius 3 is 2.41 bits per heavy atom. The van der Waals surface area contributed by atoms with Gasteiger partial charge in [0.05, 0.1) is 6.04 Å². The fraction of sp³-hybridized carbons (Fsp3) is 0.333. The fourth-order valence-corrected chi connectivity index (χ4v) is 2.34. The highest BCUT2D eigenvalue weighted by molar-refractivity contribution is 5.82. The zero-order chi connectivity index (χ0) is 15.8. The Hall–Kier alpha value is -2.20. The topological polar surface area (TPSA) is 45.2 Å². The highest BCUT2D eigenvalue weighted by atomic mass is 16.2. The lowest BCUT2D eigenvalue weighted by atomic mass is 10.0. The average Bonchev–Trinajstić information content (AvgIpc) is 2.54. The van der Waals surface area contributed by atoms with Gasteiger partial charge in [0.15, 0.2) is 0 Å². The molecule has 1 atom stereocenters. The summed E-state index contributed by atoms with van der Waals surface area (Å²) in [4.78, 5) is 18.4. The van der Waals surface area contributed by atoms with Gasteiger partial charge in [-0.3, -0.25) is 14.7 Å². The zero-order valence-electron chi connectivity index (χ0n) is 13.2. The largest absolute Gasteiger partial charge is 0.354 e. The monoisotopic (exact) mass is 297 g/mol. The van der Waals surface area contributed by atoms with Gasteiger partial charge in [0.1, 0.15) is 0 Å². The number of rotatable bonds is 7. The molecule has 0 fully saturated rings. The molecule has 0 saturated heterocycles. The second-order valence-corrected chi connectivity index (χ2v) is 5.57. The number of carbonyl (C=O) groups is 1. The van der Waals surface area contributed by atoms with Crippen molar-refractivity contribution in [3.63, 3.8) is 0 Å². The van der Waals surface area contributed by atoms with E-state index in [9.17, 15) is 4.79 Å². The van der Waals surface area contributed by atoms with E-state index in [-0.39, 0.29) is 11.9 Å². The third kappa shape index (κ3) is 4.97. The first-order chi connectivity index (χ1) is 10.7. The van der Waals surface area contributed by atoms with Gasteiger partial charge in [0.2, 0.25) is 5.91 Å². The highest BCUT2D eigenvalue weighted by Crippen LogP contribution is 2.07. The first kappa shape index (κ1) is 16.2. The van der Waals surface area contributed by atoms with Gasteiger partial charge in [-0.2, -0.15) is 0 Å². The number of nitrogens with one attached hydrogen (secondary N) is 1. The average molecular weight is 297 g/mol. The Labute approximate surface area is 132 Å². The van der Waals surface area contributed by atoms with Gasteiger partial charge in [-0.15, -0.1) is 0 Å². The number of carbonyl (C=O) groups excluding carboxylic acids is 1. The van der Waals surface area contributed by atoms with E-state index in [4.69, 9.17) is 0 Å². The molecular formula is C18H23N3O. The van der Waals surface area contributed by atoms with Gasteiger partial charge in [0, 0.05) is 18.9 Å². The molecule has 0 aliphatic heterocycles. The molecule has 1 aromatic heterocycles. The van der Waals surface area contributed by atoms with Gasteiger partial charge in [0.25, 0.3) is 0 Å². The molecule has 1 N–H and O–H groups in total. The summed E-state index contributed by atoms with van der Waals surface area (Å²) in [6.07, 6.45) is 5.08. The molecule has 0 aliphatic rings. The van der Waals surface area contributed by atoms with Gasteiger partial charge < -0.3 is 5.32 Å². The number of hydrogen-bond acceptors (Lipinski definition) is 3. The van der Waals surface area contributed by atoms with Gasteiger partial charge in [-0.25, -0.2) is 0 Å². The summed E-state index contributed by atoms with van der Waals surface area (Å²) in [5.74, 6) is 0.0721. The SMILES string of the molecule is CN(C)[C@@H](Cc1ccccc1)C(=O)NCCc1ccncc1. The van der Waals surface area contributed by atoms with E-state index < -0.39 is 0 Å².